The number of carbonyl (C=O) groups is 1. The molecule has 7 heteroatoms. The van der Waals surface area contributed by atoms with Gasteiger partial charge in [-0.1, -0.05) is 5.16 Å². The summed E-state index contributed by atoms with van der Waals surface area (Å²) >= 11 is 1.52. The standard InChI is InChI=1S/C17H21N3O3S/c1-11-4-10-24-14(11)16(21)20-8-6-17(7-9-20)5-3-13(22-17)15-18-12(2)19-23-15/h4,10,13H,3,5-9H2,1-2H3/t13-/m0/s1. The Morgan fingerprint density at radius 3 is 2.75 bits per heavy atom. The van der Waals surface area contributed by atoms with Gasteiger partial charge in [0.05, 0.1) is 10.5 Å². The molecule has 4 rings (SSSR count). The number of amides is 1. The molecule has 1 spiro atoms. The van der Waals surface area contributed by atoms with Gasteiger partial charge in [0, 0.05) is 13.1 Å². The number of nitrogens with zero attached hydrogens (tertiary/aromatic N) is 3. The number of aryl methyl sites for hydroxylation is 2. The number of rotatable bonds is 2. The van der Waals surface area contributed by atoms with Crippen LogP contribution in [0.1, 0.15) is 58.7 Å². The molecule has 1 atom stereocenters. The highest BCUT2D eigenvalue weighted by molar-refractivity contribution is 7.12. The number of piperidine rings is 1. The number of carbonyl (C=O) groups excluding carboxylic acids is 1. The zero-order chi connectivity index (χ0) is 16.7. The summed E-state index contributed by atoms with van der Waals surface area (Å²) in [5, 5.41) is 5.83. The number of thiophene rings is 1. The summed E-state index contributed by atoms with van der Waals surface area (Å²) in [6.07, 6.45) is 3.52. The molecule has 4 heterocycles. The van der Waals surface area contributed by atoms with Crippen LogP contribution in [0.2, 0.25) is 0 Å². The first kappa shape index (κ1) is 15.8. The van der Waals surface area contributed by atoms with Crippen LogP contribution < -0.4 is 0 Å². The number of aromatic nitrogens is 2. The molecule has 0 radical (unpaired) electrons. The predicted octanol–water partition coefficient (Wildman–Crippen LogP) is 3.27. The molecule has 0 bridgehead atoms. The van der Waals surface area contributed by atoms with Crippen LogP contribution in [0, 0.1) is 13.8 Å². The maximum Gasteiger partial charge on any atom is 0.264 e. The first-order valence-corrected chi connectivity index (χ1v) is 9.26. The van der Waals surface area contributed by atoms with Gasteiger partial charge in [0.2, 0.25) is 0 Å². The minimum absolute atomic E-state index is 0.104. The van der Waals surface area contributed by atoms with Crippen molar-refractivity contribution < 1.29 is 14.1 Å². The highest BCUT2D eigenvalue weighted by Gasteiger charge is 2.45. The SMILES string of the molecule is Cc1noc([C@@H]2CCC3(CCN(C(=O)c4sccc4C)CC3)O2)n1. The van der Waals surface area contributed by atoms with Crippen LogP contribution in [0.5, 0.6) is 0 Å². The van der Waals surface area contributed by atoms with E-state index in [9.17, 15) is 4.79 Å². The van der Waals surface area contributed by atoms with Gasteiger partial charge in [-0.3, -0.25) is 4.79 Å². The van der Waals surface area contributed by atoms with Gasteiger partial charge in [0.1, 0.15) is 6.10 Å². The van der Waals surface area contributed by atoms with Crippen LogP contribution in [0.25, 0.3) is 0 Å². The average Bonchev–Trinajstić information content (AvgIpc) is 3.28. The summed E-state index contributed by atoms with van der Waals surface area (Å²) in [5.74, 6) is 1.37. The lowest BCUT2D eigenvalue weighted by atomic mass is 9.88. The second-order valence-corrected chi connectivity index (χ2v) is 7.65. The number of hydrogen-bond acceptors (Lipinski definition) is 6. The Bertz CT molecular complexity index is 746. The molecule has 1 amide bonds. The van der Waals surface area contributed by atoms with Crippen molar-refractivity contribution in [1.82, 2.24) is 15.0 Å². The van der Waals surface area contributed by atoms with Crippen LogP contribution >= 0.6 is 11.3 Å². The minimum Gasteiger partial charge on any atom is -0.362 e. The minimum atomic E-state index is -0.145. The quantitative estimate of drug-likeness (QED) is 0.834. The van der Waals surface area contributed by atoms with Crippen LogP contribution in [0.15, 0.2) is 16.0 Å². The molecule has 24 heavy (non-hydrogen) atoms. The fraction of sp³-hybridized carbons (Fsp3) is 0.588. The van der Waals surface area contributed by atoms with E-state index < -0.39 is 0 Å². The molecule has 2 saturated heterocycles. The first-order valence-electron chi connectivity index (χ1n) is 8.38. The van der Waals surface area contributed by atoms with Crippen LogP contribution in [-0.4, -0.2) is 39.6 Å². The van der Waals surface area contributed by atoms with Gasteiger partial charge in [0.15, 0.2) is 5.82 Å². The van der Waals surface area contributed by atoms with Crippen molar-refractivity contribution in [3.05, 3.63) is 33.6 Å². The van der Waals surface area contributed by atoms with Crippen molar-refractivity contribution in [2.75, 3.05) is 13.1 Å². The van der Waals surface area contributed by atoms with Crippen molar-refractivity contribution in [2.24, 2.45) is 0 Å². The Kier molecular flexibility index (Phi) is 3.92. The molecule has 2 aromatic heterocycles. The van der Waals surface area contributed by atoms with Crippen LogP contribution in [0.3, 0.4) is 0 Å². The zero-order valence-electron chi connectivity index (χ0n) is 13.9. The second kappa shape index (κ2) is 5.97. The highest BCUT2D eigenvalue weighted by atomic mass is 32.1. The fourth-order valence-corrected chi connectivity index (χ4v) is 4.54. The molecule has 2 aliphatic heterocycles. The Balaban J connectivity index is 1.39. The van der Waals surface area contributed by atoms with E-state index in [4.69, 9.17) is 9.26 Å². The topological polar surface area (TPSA) is 68.5 Å². The molecule has 0 aliphatic carbocycles. The number of ether oxygens (including phenoxy) is 1. The monoisotopic (exact) mass is 347 g/mol. The van der Waals surface area contributed by atoms with E-state index in [1.54, 1.807) is 0 Å². The van der Waals surface area contributed by atoms with E-state index in [1.165, 1.54) is 11.3 Å². The zero-order valence-corrected chi connectivity index (χ0v) is 14.8. The van der Waals surface area contributed by atoms with E-state index in [1.807, 2.05) is 30.2 Å². The molecule has 0 saturated carbocycles. The predicted molar refractivity (Wildman–Crippen MR) is 89.0 cm³/mol. The molecule has 2 aromatic rings. The summed E-state index contributed by atoms with van der Waals surface area (Å²) in [5.41, 5.74) is 0.920. The molecule has 0 N–H and O–H groups in total. The third-order valence-corrected chi connectivity index (χ3v) is 6.10. The summed E-state index contributed by atoms with van der Waals surface area (Å²) in [6.45, 7) is 5.29. The number of likely N-dealkylation sites (tertiary alicyclic amines) is 1. The Morgan fingerprint density at radius 1 is 1.33 bits per heavy atom. The largest absolute Gasteiger partial charge is 0.362 e. The van der Waals surface area contributed by atoms with Gasteiger partial charge in [-0.05, 0) is 56.5 Å². The van der Waals surface area contributed by atoms with E-state index in [0.29, 0.717) is 11.7 Å². The maximum atomic E-state index is 12.6. The number of hydrogen-bond donors (Lipinski definition) is 0. The molecular weight excluding hydrogens is 326 g/mol. The van der Waals surface area contributed by atoms with E-state index in [0.717, 1.165) is 49.2 Å². The lowest BCUT2D eigenvalue weighted by molar-refractivity contribution is -0.0820. The lowest BCUT2D eigenvalue weighted by Gasteiger charge is -2.38. The summed E-state index contributed by atoms with van der Waals surface area (Å²) in [6, 6.07) is 2.00. The highest BCUT2D eigenvalue weighted by Crippen LogP contribution is 2.44. The third-order valence-electron chi connectivity index (χ3n) is 5.09. The van der Waals surface area contributed by atoms with Crippen LogP contribution in [-0.2, 0) is 4.74 Å². The molecule has 2 aliphatic rings. The summed E-state index contributed by atoms with van der Waals surface area (Å²) in [4.78, 5) is 19.7. The second-order valence-electron chi connectivity index (χ2n) is 6.73. The first-order chi connectivity index (χ1) is 11.6. The van der Waals surface area contributed by atoms with E-state index in [2.05, 4.69) is 10.1 Å². The molecular formula is C17H21N3O3S. The molecule has 0 unspecified atom stereocenters. The summed E-state index contributed by atoms with van der Waals surface area (Å²) < 4.78 is 11.6. The van der Waals surface area contributed by atoms with Crippen molar-refractivity contribution >= 4 is 17.2 Å². The Labute approximate surface area is 144 Å². The summed E-state index contributed by atoms with van der Waals surface area (Å²) in [7, 11) is 0. The van der Waals surface area contributed by atoms with Gasteiger partial charge >= 0.3 is 0 Å². The van der Waals surface area contributed by atoms with Crippen molar-refractivity contribution in [1.29, 1.82) is 0 Å². The van der Waals surface area contributed by atoms with Gasteiger partial charge in [-0.2, -0.15) is 4.98 Å². The normalized spacial score (nSPS) is 23.1. The Morgan fingerprint density at radius 2 is 2.12 bits per heavy atom. The van der Waals surface area contributed by atoms with Crippen LogP contribution in [0.4, 0.5) is 0 Å². The maximum absolute atomic E-state index is 12.6. The Hall–Kier alpha value is -1.73. The van der Waals surface area contributed by atoms with Gasteiger partial charge in [-0.15, -0.1) is 11.3 Å². The van der Waals surface area contributed by atoms with Crippen molar-refractivity contribution in [2.45, 2.75) is 51.2 Å². The van der Waals surface area contributed by atoms with E-state index in [-0.39, 0.29) is 17.6 Å². The molecule has 0 aromatic carbocycles. The van der Waals surface area contributed by atoms with Crippen molar-refractivity contribution in [3.8, 4) is 0 Å². The van der Waals surface area contributed by atoms with Gasteiger partial charge < -0.3 is 14.2 Å². The third kappa shape index (κ3) is 2.75. The van der Waals surface area contributed by atoms with E-state index >= 15 is 0 Å². The molecule has 128 valence electrons. The van der Waals surface area contributed by atoms with Gasteiger partial charge in [-0.25, -0.2) is 0 Å². The van der Waals surface area contributed by atoms with Crippen molar-refractivity contribution in [3.63, 3.8) is 0 Å². The smallest absolute Gasteiger partial charge is 0.264 e. The molecule has 6 nitrogen and oxygen atoms in total. The average molecular weight is 347 g/mol. The fourth-order valence-electron chi connectivity index (χ4n) is 3.65. The van der Waals surface area contributed by atoms with Gasteiger partial charge in [0.25, 0.3) is 11.8 Å². The lowest BCUT2D eigenvalue weighted by Crippen LogP contribution is -2.46. The molecule has 2 fully saturated rings.